The first-order valence-electron chi connectivity index (χ1n) is 6.90. The number of carbonyl (C=O) groups excluding carboxylic acids is 2. The summed E-state index contributed by atoms with van der Waals surface area (Å²) in [4.78, 5) is 24.5. The zero-order valence-corrected chi connectivity index (χ0v) is 13.6. The summed E-state index contributed by atoms with van der Waals surface area (Å²) in [6.45, 7) is 10.8. The summed E-state index contributed by atoms with van der Waals surface area (Å²) in [7, 11) is 0. The molecule has 0 heterocycles. The third kappa shape index (κ3) is 5.45. The number of nitrogens with zero attached hydrogens (tertiary/aromatic N) is 1. The average molecular weight is 292 g/mol. The molecule has 0 atom stereocenters. The fourth-order valence-electron chi connectivity index (χ4n) is 1.63. The van der Waals surface area contributed by atoms with Crippen LogP contribution in [0.5, 0.6) is 0 Å². The summed E-state index contributed by atoms with van der Waals surface area (Å²) < 4.78 is 5.21. The van der Waals surface area contributed by atoms with Gasteiger partial charge in [-0.1, -0.05) is 18.2 Å². The normalized spacial score (nSPS) is 11.7. The molecular formula is C16H24N2O3. The van der Waals surface area contributed by atoms with Crippen molar-refractivity contribution in [2.24, 2.45) is 0 Å². The minimum absolute atomic E-state index is 0.283. The van der Waals surface area contributed by atoms with Crippen molar-refractivity contribution in [1.82, 2.24) is 10.4 Å². The van der Waals surface area contributed by atoms with Crippen LogP contribution in [0, 0.1) is 0 Å². The number of nitrogens with one attached hydrogen (secondary N) is 1. The van der Waals surface area contributed by atoms with Crippen molar-refractivity contribution in [3.63, 3.8) is 0 Å². The lowest BCUT2D eigenvalue weighted by molar-refractivity contribution is 0.0118. The average Bonchev–Trinajstić information content (AvgIpc) is 2.33. The van der Waals surface area contributed by atoms with Crippen LogP contribution in [0.2, 0.25) is 0 Å². The van der Waals surface area contributed by atoms with Crippen LogP contribution in [-0.4, -0.2) is 28.1 Å². The largest absolute Gasteiger partial charge is 0.443 e. The lowest BCUT2D eigenvalue weighted by Crippen LogP contribution is -2.56. The highest BCUT2D eigenvalue weighted by Crippen LogP contribution is 2.16. The van der Waals surface area contributed by atoms with E-state index in [1.54, 1.807) is 45.0 Å². The summed E-state index contributed by atoms with van der Waals surface area (Å²) in [5.74, 6) is -0.283. The Morgan fingerprint density at radius 2 is 1.52 bits per heavy atom. The predicted octanol–water partition coefficient (Wildman–Crippen LogP) is 3.37. The molecule has 0 spiro atoms. The number of rotatable bonds is 1. The van der Waals surface area contributed by atoms with E-state index in [2.05, 4.69) is 5.43 Å². The Kier molecular flexibility index (Phi) is 4.99. The lowest BCUT2D eigenvalue weighted by atomic mass is 10.1. The molecule has 0 radical (unpaired) electrons. The van der Waals surface area contributed by atoms with E-state index in [0.29, 0.717) is 5.56 Å². The highest BCUT2D eigenvalue weighted by Gasteiger charge is 2.30. The second kappa shape index (κ2) is 6.16. The van der Waals surface area contributed by atoms with Gasteiger partial charge in [0.05, 0.1) is 5.54 Å². The number of benzene rings is 1. The van der Waals surface area contributed by atoms with Gasteiger partial charge in [-0.3, -0.25) is 4.79 Å². The summed E-state index contributed by atoms with van der Waals surface area (Å²) in [5.41, 5.74) is 1.84. The zero-order chi connectivity index (χ0) is 16.3. The van der Waals surface area contributed by atoms with Crippen LogP contribution in [0.1, 0.15) is 51.9 Å². The maximum atomic E-state index is 12.5. The molecule has 21 heavy (non-hydrogen) atoms. The van der Waals surface area contributed by atoms with E-state index in [4.69, 9.17) is 4.74 Å². The van der Waals surface area contributed by atoms with E-state index >= 15 is 0 Å². The van der Waals surface area contributed by atoms with Crippen LogP contribution >= 0.6 is 0 Å². The zero-order valence-electron chi connectivity index (χ0n) is 13.6. The van der Waals surface area contributed by atoms with Crippen LogP contribution in [0.3, 0.4) is 0 Å². The Bertz CT molecular complexity index is 498. The van der Waals surface area contributed by atoms with E-state index in [1.807, 2.05) is 26.8 Å². The van der Waals surface area contributed by atoms with Crippen LogP contribution in [0.4, 0.5) is 4.79 Å². The molecule has 0 saturated carbocycles. The van der Waals surface area contributed by atoms with Crippen molar-refractivity contribution in [3.8, 4) is 0 Å². The highest BCUT2D eigenvalue weighted by atomic mass is 16.6. The maximum absolute atomic E-state index is 12.5. The molecule has 0 aliphatic rings. The van der Waals surface area contributed by atoms with Gasteiger partial charge in [0.1, 0.15) is 5.60 Å². The second-order valence-electron chi connectivity index (χ2n) is 6.79. The molecule has 0 unspecified atom stereocenters. The first-order chi connectivity index (χ1) is 9.50. The van der Waals surface area contributed by atoms with Gasteiger partial charge in [0, 0.05) is 5.56 Å². The molecular weight excluding hydrogens is 268 g/mol. The van der Waals surface area contributed by atoms with Crippen LogP contribution in [0.15, 0.2) is 30.3 Å². The minimum Gasteiger partial charge on any atom is -0.443 e. The third-order valence-corrected chi connectivity index (χ3v) is 2.50. The molecule has 5 heteroatoms. The molecule has 1 rings (SSSR count). The fraction of sp³-hybridized carbons (Fsp3) is 0.500. The standard InChI is InChI=1S/C16H24N2O3/c1-15(2,3)18(17-14(20)21-16(4,5)6)13(19)12-10-8-7-9-11-12/h7-11H,1-6H3,(H,17,20). The first kappa shape index (κ1) is 17.0. The molecule has 0 aromatic heterocycles. The van der Waals surface area contributed by atoms with Gasteiger partial charge in [-0.15, -0.1) is 0 Å². The van der Waals surface area contributed by atoms with Gasteiger partial charge >= 0.3 is 6.09 Å². The van der Waals surface area contributed by atoms with Crippen molar-refractivity contribution in [1.29, 1.82) is 0 Å². The molecule has 1 aromatic rings. The van der Waals surface area contributed by atoms with Gasteiger partial charge < -0.3 is 4.74 Å². The van der Waals surface area contributed by atoms with E-state index in [-0.39, 0.29) is 5.91 Å². The molecule has 0 aliphatic heterocycles. The summed E-state index contributed by atoms with van der Waals surface area (Å²) in [6, 6.07) is 8.80. The Morgan fingerprint density at radius 3 is 1.95 bits per heavy atom. The van der Waals surface area contributed by atoms with Gasteiger partial charge in [-0.2, -0.15) is 0 Å². The molecule has 0 aliphatic carbocycles. The summed E-state index contributed by atoms with van der Waals surface area (Å²) in [5, 5.41) is 1.29. The summed E-state index contributed by atoms with van der Waals surface area (Å²) in [6.07, 6.45) is -0.651. The van der Waals surface area contributed by atoms with Crippen LogP contribution < -0.4 is 5.43 Å². The molecule has 0 saturated heterocycles. The molecule has 1 aromatic carbocycles. The van der Waals surface area contributed by atoms with Crippen LogP contribution in [0.25, 0.3) is 0 Å². The van der Waals surface area contributed by atoms with E-state index in [0.717, 1.165) is 0 Å². The third-order valence-electron chi connectivity index (χ3n) is 2.50. The number of hydrogen-bond acceptors (Lipinski definition) is 3. The van der Waals surface area contributed by atoms with E-state index < -0.39 is 17.2 Å². The van der Waals surface area contributed by atoms with Gasteiger partial charge in [-0.05, 0) is 53.7 Å². The number of hydrogen-bond donors (Lipinski definition) is 1. The van der Waals surface area contributed by atoms with Crippen molar-refractivity contribution >= 4 is 12.0 Å². The second-order valence-corrected chi connectivity index (χ2v) is 6.79. The van der Waals surface area contributed by atoms with Gasteiger partial charge in [-0.25, -0.2) is 15.2 Å². The maximum Gasteiger partial charge on any atom is 0.426 e. The topological polar surface area (TPSA) is 58.6 Å². The lowest BCUT2D eigenvalue weighted by Gasteiger charge is -2.35. The van der Waals surface area contributed by atoms with E-state index in [1.165, 1.54) is 5.01 Å². The smallest absolute Gasteiger partial charge is 0.426 e. The molecule has 2 amide bonds. The Morgan fingerprint density at radius 1 is 1.00 bits per heavy atom. The molecule has 0 bridgehead atoms. The molecule has 5 nitrogen and oxygen atoms in total. The number of ether oxygens (including phenoxy) is 1. The van der Waals surface area contributed by atoms with Crippen molar-refractivity contribution < 1.29 is 14.3 Å². The number of hydrazine groups is 1. The monoisotopic (exact) mass is 292 g/mol. The Balaban J connectivity index is 2.93. The molecule has 1 N–H and O–H groups in total. The number of carbonyl (C=O) groups is 2. The minimum atomic E-state index is -0.651. The molecule has 116 valence electrons. The van der Waals surface area contributed by atoms with Gasteiger partial charge in [0.15, 0.2) is 0 Å². The van der Waals surface area contributed by atoms with Gasteiger partial charge in [0.2, 0.25) is 0 Å². The quantitative estimate of drug-likeness (QED) is 0.807. The Labute approximate surface area is 126 Å². The first-order valence-corrected chi connectivity index (χ1v) is 6.90. The Hall–Kier alpha value is -2.04. The van der Waals surface area contributed by atoms with Crippen molar-refractivity contribution in [3.05, 3.63) is 35.9 Å². The van der Waals surface area contributed by atoms with Crippen molar-refractivity contribution in [2.45, 2.75) is 52.7 Å². The highest BCUT2D eigenvalue weighted by molar-refractivity contribution is 5.95. The van der Waals surface area contributed by atoms with Gasteiger partial charge in [0.25, 0.3) is 5.91 Å². The SMILES string of the molecule is CC(C)(C)OC(=O)NN(C(=O)c1ccccc1)C(C)(C)C. The van der Waals surface area contributed by atoms with Crippen molar-refractivity contribution in [2.75, 3.05) is 0 Å². The molecule has 0 fully saturated rings. The fourth-order valence-corrected chi connectivity index (χ4v) is 1.63. The summed E-state index contributed by atoms with van der Waals surface area (Å²) >= 11 is 0. The number of amides is 2. The predicted molar refractivity (Wildman–Crippen MR) is 81.7 cm³/mol. The van der Waals surface area contributed by atoms with Crippen LogP contribution in [-0.2, 0) is 4.74 Å². The van der Waals surface area contributed by atoms with E-state index in [9.17, 15) is 9.59 Å².